The van der Waals surface area contributed by atoms with E-state index in [2.05, 4.69) is 43.6 Å². The fourth-order valence-corrected chi connectivity index (χ4v) is 2.07. The standard InChI is InChI=1S/C15H16BrN3O/c1-11(7-8-12-5-3-2-4-6-12)18-19-15(20)14-9-13(16)10-17-14/h2-6,9-10,17H,7-8H2,1H3,(H,19,20)/b18-11-. The Balaban J connectivity index is 1.83. The van der Waals surface area contributed by atoms with Crippen molar-refractivity contribution < 1.29 is 4.79 Å². The Labute approximate surface area is 126 Å². The summed E-state index contributed by atoms with van der Waals surface area (Å²) in [6, 6.07) is 11.9. The van der Waals surface area contributed by atoms with Crippen molar-refractivity contribution in [2.45, 2.75) is 19.8 Å². The number of nitrogens with zero attached hydrogens (tertiary/aromatic N) is 1. The average Bonchev–Trinajstić information content (AvgIpc) is 2.90. The van der Waals surface area contributed by atoms with Gasteiger partial charge < -0.3 is 4.98 Å². The highest BCUT2D eigenvalue weighted by Crippen LogP contribution is 2.10. The molecule has 0 bridgehead atoms. The quantitative estimate of drug-likeness (QED) is 0.638. The second kappa shape index (κ2) is 7.05. The molecule has 2 aromatic rings. The zero-order valence-electron chi connectivity index (χ0n) is 11.2. The van der Waals surface area contributed by atoms with Crippen molar-refractivity contribution >= 4 is 27.5 Å². The highest BCUT2D eigenvalue weighted by Gasteiger charge is 2.06. The van der Waals surface area contributed by atoms with Crippen LogP contribution in [0.5, 0.6) is 0 Å². The Bertz CT molecular complexity index is 605. The molecule has 5 heteroatoms. The number of H-pyrrole nitrogens is 1. The van der Waals surface area contributed by atoms with Crippen LogP contribution in [-0.2, 0) is 6.42 Å². The van der Waals surface area contributed by atoms with Gasteiger partial charge >= 0.3 is 0 Å². The normalized spacial score (nSPS) is 11.4. The molecule has 0 aliphatic carbocycles. The Morgan fingerprint density at radius 2 is 2.10 bits per heavy atom. The largest absolute Gasteiger partial charge is 0.356 e. The number of amides is 1. The number of aryl methyl sites for hydroxylation is 1. The minimum Gasteiger partial charge on any atom is -0.356 e. The van der Waals surface area contributed by atoms with Gasteiger partial charge in [-0.05, 0) is 47.3 Å². The molecule has 0 aliphatic rings. The topological polar surface area (TPSA) is 57.2 Å². The Hall–Kier alpha value is -1.88. The monoisotopic (exact) mass is 333 g/mol. The number of aromatic amines is 1. The van der Waals surface area contributed by atoms with Crippen LogP contribution in [0.1, 0.15) is 29.4 Å². The molecule has 0 fully saturated rings. The van der Waals surface area contributed by atoms with Gasteiger partial charge in [-0.1, -0.05) is 30.3 Å². The van der Waals surface area contributed by atoms with Crippen LogP contribution in [0, 0.1) is 0 Å². The zero-order valence-corrected chi connectivity index (χ0v) is 12.8. The molecule has 1 aromatic heterocycles. The molecule has 0 saturated heterocycles. The van der Waals surface area contributed by atoms with E-state index in [0.29, 0.717) is 5.69 Å². The summed E-state index contributed by atoms with van der Waals surface area (Å²) in [5.74, 6) is -0.241. The van der Waals surface area contributed by atoms with Gasteiger partial charge in [0, 0.05) is 16.4 Å². The van der Waals surface area contributed by atoms with Gasteiger partial charge in [0.1, 0.15) is 5.69 Å². The van der Waals surface area contributed by atoms with E-state index < -0.39 is 0 Å². The molecule has 2 rings (SSSR count). The first kappa shape index (κ1) is 14.5. The summed E-state index contributed by atoms with van der Waals surface area (Å²) in [6.45, 7) is 1.91. The predicted octanol–water partition coefficient (Wildman–Crippen LogP) is 3.52. The van der Waals surface area contributed by atoms with Gasteiger partial charge in [-0.3, -0.25) is 4.79 Å². The maximum Gasteiger partial charge on any atom is 0.287 e. The molecule has 1 heterocycles. The lowest BCUT2D eigenvalue weighted by Crippen LogP contribution is -2.19. The highest BCUT2D eigenvalue weighted by molar-refractivity contribution is 9.10. The molecule has 20 heavy (non-hydrogen) atoms. The number of carbonyl (C=O) groups excluding carboxylic acids is 1. The number of hydrogen-bond donors (Lipinski definition) is 2. The van der Waals surface area contributed by atoms with E-state index in [-0.39, 0.29) is 5.91 Å². The summed E-state index contributed by atoms with van der Waals surface area (Å²) in [5, 5.41) is 4.11. The molecule has 0 radical (unpaired) electrons. The van der Waals surface area contributed by atoms with Gasteiger partial charge in [-0.15, -0.1) is 0 Å². The summed E-state index contributed by atoms with van der Waals surface area (Å²) in [4.78, 5) is 14.6. The van der Waals surface area contributed by atoms with E-state index >= 15 is 0 Å². The first-order valence-corrected chi connectivity index (χ1v) is 7.16. The number of aromatic nitrogens is 1. The maximum atomic E-state index is 11.8. The van der Waals surface area contributed by atoms with Crippen LogP contribution in [0.25, 0.3) is 0 Å². The van der Waals surface area contributed by atoms with Gasteiger partial charge in [-0.25, -0.2) is 5.43 Å². The van der Waals surface area contributed by atoms with E-state index in [0.717, 1.165) is 23.0 Å². The Morgan fingerprint density at radius 1 is 1.35 bits per heavy atom. The van der Waals surface area contributed by atoms with E-state index in [1.807, 2.05) is 25.1 Å². The fourth-order valence-electron chi connectivity index (χ4n) is 1.73. The Morgan fingerprint density at radius 3 is 2.75 bits per heavy atom. The first-order chi connectivity index (χ1) is 9.65. The van der Waals surface area contributed by atoms with Crippen molar-refractivity contribution in [3.63, 3.8) is 0 Å². The van der Waals surface area contributed by atoms with Crippen molar-refractivity contribution in [2.75, 3.05) is 0 Å². The highest BCUT2D eigenvalue weighted by atomic mass is 79.9. The molecule has 0 atom stereocenters. The minimum atomic E-state index is -0.241. The van der Waals surface area contributed by atoms with Gasteiger partial charge in [0.25, 0.3) is 5.91 Å². The van der Waals surface area contributed by atoms with Crippen LogP contribution < -0.4 is 5.43 Å². The molecule has 0 unspecified atom stereocenters. The number of nitrogens with one attached hydrogen (secondary N) is 2. The lowest BCUT2D eigenvalue weighted by atomic mass is 10.1. The van der Waals surface area contributed by atoms with Crippen LogP contribution in [-0.4, -0.2) is 16.6 Å². The SMILES string of the molecule is C/C(CCc1ccccc1)=N/NC(=O)c1cc(Br)c[nH]1. The molecular formula is C15H16BrN3O. The second-order valence-corrected chi connectivity index (χ2v) is 5.42. The zero-order chi connectivity index (χ0) is 14.4. The van der Waals surface area contributed by atoms with Crippen LogP contribution >= 0.6 is 15.9 Å². The number of hydrogen-bond acceptors (Lipinski definition) is 2. The third kappa shape index (κ3) is 4.35. The second-order valence-electron chi connectivity index (χ2n) is 4.51. The summed E-state index contributed by atoms with van der Waals surface area (Å²) >= 11 is 3.28. The fraction of sp³-hybridized carbons (Fsp3) is 0.200. The smallest absolute Gasteiger partial charge is 0.287 e. The Kier molecular flexibility index (Phi) is 5.12. The molecule has 2 N–H and O–H groups in total. The number of benzene rings is 1. The maximum absolute atomic E-state index is 11.8. The minimum absolute atomic E-state index is 0.241. The van der Waals surface area contributed by atoms with Crippen LogP contribution in [0.2, 0.25) is 0 Å². The van der Waals surface area contributed by atoms with E-state index in [4.69, 9.17) is 0 Å². The van der Waals surface area contributed by atoms with Gasteiger partial charge in [0.15, 0.2) is 0 Å². The average molecular weight is 334 g/mol. The van der Waals surface area contributed by atoms with Gasteiger partial charge in [0.2, 0.25) is 0 Å². The van der Waals surface area contributed by atoms with Crippen molar-refractivity contribution in [1.29, 1.82) is 0 Å². The molecule has 0 spiro atoms. The van der Waals surface area contributed by atoms with Crippen LogP contribution in [0.4, 0.5) is 0 Å². The number of carbonyl (C=O) groups is 1. The molecule has 0 saturated carbocycles. The van der Waals surface area contributed by atoms with Gasteiger partial charge in [0.05, 0.1) is 0 Å². The van der Waals surface area contributed by atoms with Gasteiger partial charge in [-0.2, -0.15) is 5.10 Å². The van der Waals surface area contributed by atoms with E-state index in [9.17, 15) is 4.79 Å². The van der Waals surface area contributed by atoms with Crippen LogP contribution in [0.15, 0.2) is 52.2 Å². The van der Waals surface area contributed by atoms with Crippen molar-refractivity contribution in [2.24, 2.45) is 5.10 Å². The molecule has 1 aromatic carbocycles. The molecule has 4 nitrogen and oxygen atoms in total. The lowest BCUT2D eigenvalue weighted by molar-refractivity contribution is 0.0950. The van der Waals surface area contributed by atoms with E-state index in [1.165, 1.54) is 5.56 Å². The predicted molar refractivity (Wildman–Crippen MR) is 83.8 cm³/mol. The molecular weight excluding hydrogens is 318 g/mol. The molecule has 1 amide bonds. The molecule has 104 valence electrons. The third-order valence-corrected chi connectivity index (χ3v) is 3.32. The summed E-state index contributed by atoms with van der Waals surface area (Å²) in [7, 11) is 0. The summed E-state index contributed by atoms with van der Waals surface area (Å²) in [5.41, 5.74) is 5.19. The van der Waals surface area contributed by atoms with Crippen LogP contribution in [0.3, 0.4) is 0 Å². The number of hydrazone groups is 1. The number of halogens is 1. The third-order valence-electron chi connectivity index (χ3n) is 2.86. The lowest BCUT2D eigenvalue weighted by Gasteiger charge is -2.02. The van der Waals surface area contributed by atoms with Crippen molar-refractivity contribution in [1.82, 2.24) is 10.4 Å². The van der Waals surface area contributed by atoms with E-state index in [1.54, 1.807) is 12.3 Å². The van der Waals surface area contributed by atoms with Crippen molar-refractivity contribution in [3.8, 4) is 0 Å². The molecule has 0 aliphatic heterocycles. The van der Waals surface area contributed by atoms with Crippen molar-refractivity contribution in [3.05, 3.63) is 58.3 Å². The summed E-state index contributed by atoms with van der Waals surface area (Å²) < 4.78 is 0.840. The summed E-state index contributed by atoms with van der Waals surface area (Å²) in [6.07, 6.45) is 3.44. The number of rotatable bonds is 5. The first-order valence-electron chi connectivity index (χ1n) is 6.36.